The number of anilines is 2. The molecule has 1 aromatic heterocycles. The van der Waals surface area contributed by atoms with Crippen LogP contribution in [0.25, 0.3) is 0 Å². The van der Waals surface area contributed by atoms with Crippen molar-refractivity contribution in [3.63, 3.8) is 0 Å². The molecule has 2 amide bonds. The Morgan fingerprint density at radius 2 is 2.08 bits per heavy atom. The lowest BCUT2D eigenvalue weighted by atomic mass is 10.1. The van der Waals surface area contributed by atoms with E-state index in [0.29, 0.717) is 27.3 Å². The van der Waals surface area contributed by atoms with Crippen molar-refractivity contribution in [3.8, 4) is 5.75 Å². The maximum absolute atomic E-state index is 12.2. The number of hydrogen-bond donors (Lipinski definition) is 2. The lowest BCUT2D eigenvalue weighted by Gasteiger charge is -2.08. The molecule has 6 nitrogen and oxygen atoms in total. The number of rotatable bonds is 6. The van der Waals surface area contributed by atoms with Crippen molar-refractivity contribution in [2.75, 3.05) is 17.7 Å². The number of ether oxygens (including phenoxy) is 1. The molecule has 2 N–H and O–H groups in total. The average Bonchev–Trinajstić information content (AvgIpc) is 3.27. The van der Waals surface area contributed by atoms with Crippen LogP contribution in [0.5, 0.6) is 5.75 Å². The second-order valence-corrected chi connectivity index (χ2v) is 7.45. The summed E-state index contributed by atoms with van der Waals surface area (Å²) in [6.45, 7) is 0. The molecule has 0 bridgehead atoms. The summed E-state index contributed by atoms with van der Waals surface area (Å²) >= 11 is 7.38. The highest BCUT2D eigenvalue weighted by atomic mass is 35.5. The zero-order valence-electron chi connectivity index (χ0n) is 14.4. The fourth-order valence-electron chi connectivity index (χ4n) is 2.95. The highest BCUT2D eigenvalue weighted by Crippen LogP contribution is 2.28. The van der Waals surface area contributed by atoms with Crippen LogP contribution >= 0.6 is 22.9 Å². The van der Waals surface area contributed by atoms with Crippen LogP contribution in [0.4, 0.5) is 10.8 Å². The minimum atomic E-state index is -0.204. The molecule has 0 radical (unpaired) electrons. The average molecular weight is 394 g/mol. The van der Waals surface area contributed by atoms with Gasteiger partial charge < -0.3 is 15.4 Å². The minimum Gasteiger partial charge on any atom is -0.495 e. The Morgan fingerprint density at radius 1 is 1.31 bits per heavy atom. The molecule has 26 heavy (non-hydrogen) atoms. The van der Waals surface area contributed by atoms with Gasteiger partial charge in [0, 0.05) is 17.0 Å². The second kappa shape index (κ2) is 8.51. The molecule has 0 unspecified atom stereocenters. The largest absolute Gasteiger partial charge is 0.495 e. The van der Waals surface area contributed by atoms with Gasteiger partial charge in [0.15, 0.2) is 5.13 Å². The van der Waals surface area contributed by atoms with Crippen molar-refractivity contribution in [3.05, 3.63) is 34.3 Å². The summed E-state index contributed by atoms with van der Waals surface area (Å²) in [5, 5.41) is 8.38. The first-order chi connectivity index (χ1) is 12.5. The molecule has 8 heteroatoms. The van der Waals surface area contributed by atoms with E-state index in [2.05, 4.69) is 15.6 Å². The molecule has 1 saturated carbocycles. The van der Waals surface area contributed by atoms with Gasteiger partial charge in [0.2, 0.25) is 11.8 Å². The summed E-state index contributed by atoms with van der Waals surface area (Å²) in [5.41, 5.74) is 1.21. The topological polar surface area (TPSA) is 80.3 Å². The summed E-state index contributed by atoms with van der Waals surface area (Å²) in [5.74, 6) is 0.461. The predicted octanol–water partition coefficient (Wildman–Crippen LogP) is 4.12. The SMILES string of the molecule is COc1ccc(NC(=O)Cc2csc(NC(=O)C3CCCC3)n2)cc1Cl. The van der Waals surface area contributed by atoms with Crippen LogP contribution in [0.3, 0.4) is 0 Å². The molecule has 1 aromatic carbocycles. The third-order valence-electron chi connectivity index (χ3n) is 4.29. The van der Waals surface area contributed by atoms with Gasteiger partial charge >= 0.3 is 0 Å². The van der Waals surface area contributed by atoms with Crippen LogP contribution < -0.4 is 15.4 Å². The predicted molar refractivity (Wildman–Crippen MR) is 103 cm³/mol. The number of halogens is 1. The molecule has 1 heterocycles. The number of nitrogens with zero attached hydrogens (tertiary/aromatic N) is 1. The van der Waals surface area contributed by atoms with Crippen LogP contribution in [0.1, 0.15) is 31.4 Å². The molecule has 1 aliphatic carbocycles. The lowest BCUT2D eigenvalue weighted by molar-refractivity contribution is -0.119. The van der Waals surface area contributed by atoms with E-state index in [1.54, 1.807) is 23.6 Å². The maximum Gasteiger partial charge on any atom is 0.230 e. The number of carbonyl (C=O) groups excluding carboxylic acids is 2. The monoisotopic (exact) mass is 393 g/mol. The number of hydrogen-bond acceptors (Lipinski definition) is 5. The van der Waals surface area contributed by atoms with Gasteiger partial charge in [0.05, 0.1) is 24.2 Å². The zero-order chi connectivity index (χ0) is 18.5. The van der Waals surface area contributed by atoms with Gasteiger partial charge in [-0.1, -0.05) is 24.4 Å². The van der Waals surface area contributed by atoms with Crippen molar-refractivity contribution >= 4 is 45.6 Å². The number of aromatic nitrogens is 1. The molecule has 0 atom stereocenters. The number of thiazole rings is 1. The van der Waals surface area contributed by atoms with E-state index in [1.807, 2.05) is 0 Å². The molecule has 0 aliphatic heterocycles. The Morgan fingerprint density at radius 3 is 2.77 bits per heavy atom. The quantitative estimate of drug-likeness (QED) is 0.773. The third kappa shape index (κ3) is 4.74. The van der Waals surface area contributed by atoms with Crippen molar-refractivity contribution in [2.24, 2.45) is 5.92 Å². The Balaban J connectivity index is 1.54. The van der Waals surface area contributed by atoms with Gasteiger partial charge in [-0.05, 0) is 31.0 Å². The minimum absolute atomic E-state index is 0.0285. The Labute approximate surface area is 160 Å². The first kappa shape index (κ1) is 18.7. The van der Waals surface area contributed by atoms with Gasteiger partial charge in [-0.25, -0.2) is 4.98 Å². The van der Waals surface area contributed by atoms with Gasteiger partial charge in [-0.3, -0.25) is 9.59 Å². The second-order valence-electron chi connectivity index (χ2n) is 6.19. The summed E-state index contributed by atoms with van der Waals surface area (Å²) in [7, 11) is 1.53. The number of nitrogens with one attached hydrogen (secondary N) is 2. The Bertz CT molecular complexity index is 803. The van der Waals surface area contributed by atoms with Crippen LogP contribution in [0, 0.1) is 5.92 Å². The number of benzene rings is 1. The van der Waals surface area contributed by atoms with Crippen LogP contribution in [-0.4, -0.2) is 23.9 Å². The van der Waals surface area contributed by atoms with Crippen LogP contribution in [-0.2, 0) is 16.0 Å². The highest BCUT2D eigenvalue weighted by molar-refractivity contribution is 7.13. The summed E-state index contributed by atoms with van der Waals surface area (Å²) < 4.78 is 5.08. The van der Waals surface area contributed by atoms with Crippen LogP contribution in [0.15, 0.2) is 23.6 Å². The molecule has 1 fully saturated rings. The van der Waals surface area contributed by atoms with Crippen molar-refractivity contribution in [2.45, 2.75) is 32.1 Å². The van der Waals surface area contributed by atoms with E-state index in [9.17, 15) is 9.59 Å². The third-order valence-corrected chi connectivity index (χ3v) is 5.39. The number of amides is 2. The lowest BCUT2D eigenvalue weighted by Crippen LogP contribution is -2.20. The number of methoxy groups -OCH3 is 1. The molecule has 138 valence electrons. The van der Waals surface area contributed by atoms with Crippen molar-refractivity contribution < 1.29 is 14.3 Å². The zero-order valence-corrected chi connectivity index (χ0v) is 16.0. The van der Waals surface area contributed by atoms with Crippen molar-refractivity contribution in [1.29, 1.82) is 0 Å². The molecular weight excluding hydrogens is 374 g/mol. The van der Waals surface area contributed by atoms with E-state index >= 15 is 0 Å². The maximum atomic E-state index is 12.2. The van der Waals surface area contributed by atoms with Gasteiger partial charge in [0.25, 0.3) is 0 Å². The van der Waals surface area contributed by atoms with Gasteiger partial charge in [0.1, 0.15) is 5.75 Å². The summed E-state index contributed by atoms with van der Waals surface area (Å²) in [6, 6.07) is 5.04. The first-order valence-corrected chi connectivity index (χ1v) is 9.69. The Kier molecular flexibility index (Phi) is 6.11. The van der Waals surface area contributed by atoms with Crippen molar-refractivity contribution in [1.82, 2.24) is 4.98 Å². The molecule has 3 rings (SSSR count). The van der Waals surface area contributed by atoms with E-state index in [1.165, 1.54) is 18.4 Å². The molecule has 0 spiro atoms. The molecular formula is C18H20ClN3O3S. The normalized spacial score (nSPS) is 14.2. The van der Waals surface area contributed by atoms with E-state index in [-0.39, 0.29) is 24.2 Å². The van der Waals surface area contributed by atoms with E-state index in [0.717, 1.165) is 25.7 Å². The molecule has 0 saturated heterocycles. The fraction of sp³-hybridized carbons (Fsp3) is 0.389. The summed E-state index contributed by atoms with van der Waals surface area (Å²) in [4.78, 5) is 28.6. The fourth-order valence-corrected chi connectivity index (χ4v) is 3.93. The molecule has 1 aliphatic rings. The Hall–Kier alpha value is -2.12. The van der Waals surface area contributed by atoms with Gasteiger partial charge in [-0.15, -0.1) is 11.3 Å². The smallest absolute Gasteiger partial charge is 0.230 e. The standard InChI is InChI=1S/C18H20ClN3O3S/c1-25-15-7-6-12(8-14(15)19)20-16(23)9-13-10-26-18(21-13)22-17(24)11-4-2-3-5-11/h6-8,10-11H,2-5,9H2,1H3,(H,20,23)(H,21,22,24). The first-order valence-electron chi connectivity index (χ1n) is 8.44. The highest BCUT2D eigenvalue weighted by Gasteiger charge is 2.23. The number of carbonyl (C=O) groups is 2. The molecule has 2 aromatic rings. The van der Waals surface area contributed by atoms with Gasteiger partial charge in [-0.2, -0.15) is 0 Å². The van der Waals surface area contributed by atoms with Crippen LogP contribution in [0.2, 0.25) is 5.02 Å². The summed E-state index contributed by atoms with van der Waals surface area (Å²) in [6.07, 6.45) is 4.22. The van der Waals surface area contributed by atoms with E-state index < -0.39 is 0 Å². The van der Waals surface area contributed by atoms with E-state index in [4.69, 9.17) is 16.3 Å².